The minimum atomic E-state index is -0.310. The number of thiazole rings is 1. The number of aromatic nitrogens is 1. The molecule has 30 heavy (non-hydrogen) atoms. The number of hydrogen-bond donors (Lipinski definition) is 1. The van der Waals surface area contributed by atoms with Crippen LogP contribution in [0.4, 0.5) is 14.3 Å². The van der Waals surface area contributed by atoms with Crippen molar-refractivity contribution in [3.63, 3.8) is 0 Å². The maximum Gasteiger partial charge on any atom is 0.409 e. The van der Waals surface area contributed by atoms with Gasteiger partial charge in [0.25, 0.3) is 0 Å². The highest BCUT2D eigenvalue weighted by atomic mass is 32.1. The number of piperidine rings is 2. The first-order chi connectivity index (χ1) is 14.5. The van der Waals surface area contributed by atoms with Crippen molar-refractivity contribution in [2.75, 3.05) is 37.7 Å². The summed E-state index contributed by atoms with van der Waals surface area (Å²) in [5.41, 5.74) is 0.400. The fraction of sp³-hybridized carbons (Fsp3) is 0.571. The molecule has 1 aromatic heterocycles. The Bertz CT molecular complexity index is 913. The molecule has 2 fully saturated rings. The molecule has 0 spiro atoms. The molecule has 2 aromatic rings. The zero-order chi connectivity index (χ0) is 21.1. The van der Waals surface area contributed by atoms with Crippen LogP contribution in [0.15, 0.2) is 18.2 Å². The summed E-state index contributed by atoms with van der Waals surface area (Å²) in [5, 5.41) is 3.94. The molecule has 2 aliphatic rings. The van der Waals surface area contributed by atoms with Crippen LogP contribution in [-0.2, 0) is 9.53 Å². The third-order valence-electron chi connectivity index (χ3n) is 5.79. The number of fused-ring (bicyclic) bond motifs is 1. The van der Waals surface area contributed by atoms with Crippen LogP contribution in [0, 0.1) is 11.7 Å². The second-order valence-corrected chi connectivity index (χ2v) is 8.85. The molecule has 1 aromatic carbocycles. The molecule has 162 valence electrons. The first-order valence-corrected chi connectivity index (χ1v) is 11.4. The van der Waals surface area contributed by atoms with Gasteiger partial charge in [-0.05, 0) is 44.7 Å². The van der Waals surface area contributed by atoms with Crippen LogP contribution in [0.3, 0.4) is 0 Å². The molecule has 3 heterocycles. The van der Waals surface area contributed by atoms with Gasteiger partial charge in [-0.15, -0.1) is 0 Å². The summed E-state index contributed by atoms with van der Waals surface area (Å²) in [6.45, 7) is 4.77. The number of carbonyl (C=O) groups is 2. The summed E-state index contributed by atoms with van der Waals surface area (Å²) >= 11 is 1.47. The summed E-state index contributed by atoms with van der Waals surface area (Å²) in [6.07, 6.45) is 2.93. The van der Waals surface area contributed by atoms with Gasteiger partial charge in [0.15, 0.2) is 5.13 Å². The Kier molecular flexibility index (Phi) is 6.36. The van der Waals surface area contributed by atoms with Crippen molar-refractivity contribution in [3.8, 4) is 0 Å². The van der Waals surface area contributed by atoms with E-state index in [9.17, 15) is 14.0 Å². The second-order valence-electron chi connectivity index (χ2n) is 7.84. The van der Waals surface area contributed by atoms with Crippen LogP contribution < -0.4 is 10.2 Å². The van der Waals surface area contributed by atoms with E-state index in [4.69, 9.17) is 4.74 Å². The van der Waals surface area contributed by atoms with Gasteiger partial charge in [-0.2, -0.15) is 0 Å². The van der Waals surface area contributed by atoms with Crippen LogP contribution >= 0.6 is 11.3 Å². The van der Waals surface area contributed by atoms with E-state index in [0.29, 0.717) is 31.8 Å². The molecular formula is C21H27FN4O3S. The van der Waals surface area contributed by atoms with Gasteiger partial charge in [-0.1, -0.05) is 17.4 Å². The van der Waals surface area contributed by atoms with E-state index < -0.39 is 0 Å². The summed E-state index contributed by atoms with van der Waals surface area (Å²) in [6, 6.07) is 5.07. The van der Waals surface area contributed by atoms with E-state index in [2.05, 4.69) is 15.2 Å². The zero-order valence-corrected chi connectivity index (χ0v) is 17.9. The molecule has 0 bridgehead atoms. The molecule has 2 saturated heterocycles. The highest BCUT2D eigenvalue weighted by molar-refractivity contribution is 7.22. The highest BCUT2D eigenvalue weighted by Gasteiger charge is 2.30. The molecule has 2 amide bonds. The Morgan fingerprint density at radius 3 is 2.80 bits per heavy atom. The number of nitrogens with one attached hydrogen (secondary N) is 1. The molecule has 4 rings (SSSR count). The first kappa shape index (κ1) is 20.8. The van der Waals surface area contributed by atoms with Crippen LogP contribution in [0.1, 0.15) is 32.6 Å². The van der Waals surface area contributed by atoms with Crippen molar-refractivity contribution >= 4 is 38.7 Å². The topological polar surface area (TPSA) is 74.8 Å². The highest BCUT2D eigenvalue weighted by Crippen LogP contribution is 2.32. The van der Waals surface area contributed by atoms with Gasteiger partial charge in [0.2, 0.25) is 5.91 Å². The molecular weight excluding hydrogens is 407 g/mol. The number of benzene rings is 1. The molecule has 1 atom stereocenters. The first-order valence-electron chi connectivity index (χ1n) is 10.6. The van der Waals surface area contributed by atoms with Crippen LogP contribution in [-0.4, -0.2) is 60.7 Å². The normalized spacial score (nSPS) is 20.4. The van der Waals surface area contributed by atoms with E-state index in [1.807, 2.05) is 6.07 Å². The number of para-hydroxylation sites is 1. The largest absolute Gasteiger partial charge is 0.450 e. The second kappa shape index (κ2) is 9.16. The molecule has 0 radical (unpaired) electrons. The smallest absolute Gasteiger partial charge is 0.409 e. The molecule has 2 aliphatic heterocycles. The lowest BCUT2D eigenvalue weighted by Gasteiger charge is -2.35. The number of likely N-dealkylation sites (tertiary alicyclic amines) is 1. The average Bonchev–Trinajstić information content (AvgIpc) is 3.20. The maximum atomic E-state index is 14.0. The average molecular weight is 435 g/mol. The minimum absolute atomic E-state index is 0.0570. The Balaban J connectivity index is 1.32. The SMILES string of the molecule is CCOC(=O)N1CCC(NC(=O)C2CCCN(c3nc4c(F)cccc4s3)C2)CC1. The summed E-state index contributed by atoms with van der Waals surface area (Å²) in [7, 11) is 0. The van der Waals surface area contributed by atoms with Crippen LogP contribution in [0.5, 0.6) is 0 Å². The van der Waals surface area contributed by atoms with Gasteiger partial charge in [0.05, 0.1) is 17.2 Å². The zero-order valence-electron chi connectivity index (χ0n) is 17.1. The van der Waals surface area contributed by atoms with Crippen molar-refractivity contribution in [1.29, 1.82) is 0 Å². The summed E-state index contributed by atoms with van der Waals surface area (Å²) in [4.78, 5) is 32.9. The minimum Gasteiger partial charge on any atom is -0.450 e. The van der Waals surface area contributed by atoms with Gasteiger partial charge in [-0.3, -0.25) is 4.79 Å². The van der Waals surface area contributed by atoms with Crippen molar-refractivity contribution in [3.05, 3.63) is 24.0 Å². The maximum absolute atomic E-state index is 14.0. The number of carbonyl (C=O) groups excluding carboxylic acids is 2. The van der Waals surface area contributed by atoms with Gasteiger partial charge in [0, 0.05) is 32.2 Å². The number of amides is 2. The molecule has 0 saturated carbocycles. The van der Waals surface area contributed by atoms with E-state index in [0.717, 1.165) is 42.1 Å². The van der Waals surface area contributed by atoms with Gasteiger partial charge < -0.3 is 19.9 Å². The lowest BCUT2D eigenvalue weighted by molar-refractivity contribution is -0.126. The van der Waals surface area contributed by atoms with Gasteiger partial charge in [0.1, 0.15) is 11.3 Å². The molecule has 1 N–H and O–H groups in total. The van der Waals surface area contributed by atoms with E-state index in [1.54, 1.807) is 17.9 Å². The van der Waals surface area contributed by atoms with Crippen molar-refractivity contribution < 1.29 is 18.7 Å². The van der Waals surface area contributed by atoms with Crippen molar-refractivity contribution in [2.45, 2.75) is 38.6 Å². The number of ether oxygens (including phenoxy) is 1. The Hall–Kier alpha value is -2.42. The molecule has 1 unspecified atom stereocenters. The number of rotatable bonds is 4. The fourth-order valence-corrected chi connectivity index (χ4v) is 5.16. The van der Waals surface area contributed by atoms with Crippen molar-refractivity contribution in [1.82, 2.24) is 15.2 Å². The molecule has 0 aliphatic carbocycles. The lowest BCUT2D eigenvalue weighted by Crippen LogP contribution is -2.50. The number of hydrogen-bond acceptors (Lipinski definition) is 6. The standard InChI is InChI=1S/C21H27FN4O3S/c1-2-29-21(28)25-11-8-15(9-12-25)23-19(27)14-5-4-10-26(13-14)20-24-18-16(22)6-3-7-17(18)30-20/h3,6-7,14-15H,2,4-5,8-13H2,1H3,(H,23,27). The molecule has 7 nitrogen and oxygen atoms in total. The summed E-state index contributed by atoms with van der Waals surface area (Å²) < 4.78 is 19.8. The Morgan fingerprint density at radius 1 is 1.27 bits per heavy atom. The number of halogens is 1. The van der Waals surface area contributed by atoms with Crippen LogP contribution in [0.2, 0.25) is 0 Å². The van der Waals surface area contributed by atoms with Gasteiger partial charge in [-0.25, -0.2) is 14.2 Å². The predicted molar refractivity (Wildman–Crippen MR) is 114 cm³/mol. The van der Waals surface area contributed by atoms with Gasteiger partial charge >= 0.3 is 6.09 Å². The Morgan fingerprint density at radius 2 is 2.07 bits per heavy atom. The van der Waals surface area contributed by atoms with E-state index >= 15 is 0 Å². The third kappa shape index (κ3) is 4.50. The summed E-state index contributed by atoms with van der Waals surface area (Å²) in [5.74, 6) is -0.365. The van der Waals surface area contributed by atoms with Crippen molar-refractivity contribution in [2.24, 2.45) is 5.92 Å². The lowest BCUT2D eigenvalue weighted by atomic mass is 9.96. The third-order valence-corrected chi connectivity index (χ3v) is 6.87. The van der Waals surface area contributed by atoms with E-state index in [1.165, 1.54) is 17.4 Å². The number of anilines is 1. The predicted octanol–water partition coefficient (Wildman–Crippen LogP) is 3.39. The fourth-order valence-electron chi connectivity index (χ4n) is 4.14. The van der Waals surface area contributed by atoms with E-state index in [-0.39, 0.29) is 29.8 Å². The quantitative estimate of drug-likeness (QED) is 0.799. The number of nitrogens with zero attached hydrogens (tertiary/aromatic N) is 3. The van der Waals surface area contributed by atoms with Crippen LogP contribution in [0.25, 0.3) is 10.2 Å². The Labute approximate surface area is 179 Å². The monoisotopic (exact) mass is 434 g/mol. The molecule has 9 heteroatoms.